The number of hydrogen-bond donors (Lipinski definition) is 2. The fraction of sp³-hybridized carbons (Fsp3) is 0. The summed E-state index contributed by atoms with van der Waals surface area (Å²) in [5, 5.41) is 12.4. The van der Waals surface area contributed by atoms with Gasteiger partial charge in [0, 0.05) is 0 Å². The Labute approximate surface area is 155 Å². The van der Waals surface area contributed by atoms with E-state index >= 15 is 0 Å². The van der Waals surface area contributed by atoms with Crippen LogP contribution in [0, 0.1) is 0 Å². The number of phenolic OH excluding ortho intramolecular Hbond substituents is 1. The van der Waals surface area contributed by atoms with Crippen LogP contribution in [0.25, 0.3) is 6.08 Å². The average Bonchev–Trinajstić information content (AvgIpc) is 3.16. The standard InChI is InChI=1S/C15H9ClN2O3S3/c16-9-6-8(3-4-10(9)19)7-12-14(21)18(15(22)24-12)17-13(20)11-2-1-5-23-11/h1-7,19H,(H,17,20)/b12-7+. The molecule has 0 aliphatic carbocycles. The van der Waals surface area contributed by atoms with Crippen LogP contribution >= 0.6 is 46.9 Å². The van der Waals surface area contributed by atoms with Gasteiger partial charge < -0.3 is 5.11 Å². The largest absolute Gasteiger partial charge is 0.506 e. The summed E-state index contributed by atoms with van der Waals surface area (Å²) >= 11 is 13.4. The summed E-state index contributed by atoms with van der Waals surface area (Å²) < 4.78 is 0.237. The van der Waals surface area contributed by atoms with Gasteiger partial charge in [0.2, 0.25) is 0 Å². The van der Waals surface area contributed by atoms with Crippen LogP contribution in [-0.2, 0) is 4.79 Å². The Hall–Kier alpha value is -1.87. The summed E-state index contributed by atoms with van der Waals surface area (Å²) in [6, 6.07) is 8.00. The van der Waals surface area contributed by atoms with E-state index in [-0.39, 0.29) is 15.1 Å². The minimum atomic E-state index is -0.417. The molecular formula is C15H9ClN2O3S3. The first-order valence-electron chi connectivity index (χ1n) is 6.56. The smallest absolute Gasteiger partial charge is 0.285 e. The number of hydrogen-bond acceptors (Lipinski definition) is 6. The Balaban J connectivity index is 1.79. The van der Waals surface area contributed by atoms with Crippen LogP contribution < -0.4 is 5.43 Å². The molecule has 1 aromatic carbocycles. The van der Waals surface area contributed by atoms with E-state index in [1.54, 1.807) is 29.7 Å². The normalized spacial score (nSPS) is 16.0. The number of phenols is 1. The van der Waals surface area contributed by atoms with E-state index in [4.69, 9.17) is 23.8 Å². The van der Waals surface area contributed by atoms with Gasteiger partial charge in [0.25, 0.3) is 11.8 Å². The second kappa shape index (κ2) is 6.94. The first-order chi connectivity index (χ1) is 11.5. The SMILES string of the molecule is O=C(NN1C(=O)/C(=C\c2ccc(O)c(Cl)c2)SC1=S)c1cccs1. The highest BCUT2D eigenvalue weighted by Crippen LogP contribution is 2.33. The number of hydrazine groups is 1. The number of thiocarbonyl (C=S) groups is 1. The molecule has 3 rings (SSSR count). The highest BCUT2D eigenvalue weighted by Gasteiger charge is 2.33. The van der Waals surface area contributed by atoms with E-state index in [0.717, 1.165) is 16.8 Å². The summed E-state index contributed by atoms with van der Waals surface area (Å²) in [6.07, 6.45) is 1.60. The molecule has 0 unspecified atom stereocenters. The number of carbonyl (C=O) groups is 2. The zero-order valence-electron chi connectivity index (χ0n) is 11.9. The van der Waals surface area contributed by atoms with Crippen LogP contribution in [0.4, 0.5) is 0 Å². The monoisotopic (exact) mass is 396 g/mol. The van der Waals surface area contributed by atoms with Crippen LogP contribution in [0.5, 0.6) is 5.75 Å². The Morgan fingerprint density at radius 3 is 2.83 bits per heavy atom. The summed E-state index contributed by atoms with van der Waals surface area (Å²) in [5.74, 6) is -0.848. The molecule has 1 saturated heterocycles. The van der Waals surface area contributed by atoms with Gasteiger partial charge >= 0.3 is 0 Å². The molecule has 122 valence electrons. The second-order valence-electron chi connectivity index (χ2n) is 4.65. The molecule has 2 amide bonds. The van der Waals surface area contributed by atoms with E-state index in [1.165, 1.54) is 23.5 Å². The van der Waals surface area contributed by atoms with Crippen molar-refractivity contribution < 1.29 is 14.7 Å². The van der Waals surface area contributed by atoms with E-state index < -0.39 is 11.8 Å². The molecule has 0 spiro atoms. The van der Waals surface area contributed by atoms with Crippen molar-refractivity contribution in [3.63, 3.8) is 0 Å². The van der Waals surface area contributed by atoms with Gasteiger partial charge in [0.15, 0.2) is 4.32 Å². The Bertz CT molecular complexity index is 865. The van der Waals surface area contributed by atoms with Crippen molar-refractivity contribution in [1.29, 1.82) is 0 Å². The van der Waals surface area contributed by atoms with Crippen molar-refractivity contribution in [2.24, 2.45) is 0 Å². The molecule has 9 heteroatoms. The number of amides is 2. The molecule has 0 atom stereocenters. The lowest BCUT2D eigenvalue weighted by molar-refractivity contribution is -0.123. The number of aromatic hydroxyl groups is 1. The minimum absolute atomic E-state index is 0.0374. The predicted octanol–water partition coefficient (Wildman–Crippen LogP) is 3.65. The van der Waals surface area contributed by atoms with Crippen LogP contribution in [0.2, 0.25) is 5.02 Å². The molecule has 2 N–H and O–H groups in total. The van der Waals surface area contributed by atoms with Crippen molar-refractivity contribution in [3.05, 3.63) is 56.1 Å². The van der Waals surface area contributed by atoms with Crippen molar-refractivity contribution in [2.45, 2.75) is 0 Å². The van der Waals surface area contributed by atoms with E-state index in [1.807, 2.05) is 0 Å². The number of halogens is 1. The van der Waals surface area contributed by atoms with Crippen LogP contribution in [0.15, 0.2) is 40.6 Å². The fourth-order valence-corrected chi connectivity index (χ4v) is 3.87. The Morgan fingerprint density at radius 1 is 1.38 bits per heavy atom. The second-order valence-corrected chi connectivity index (χ2v) is 7.68. The first kappa shape index (κ1) is 17.0. The molecule has 0 bridgehead atoms. The molecule has 5 nitrogen and oxygen atoms in total. The topological polar surface area (TPSA) is 69.6 Å². The van der Waals surface area contributed by atoms with Gasteiger partial charge in [-0.25, -0.2) is 0 Å². The summed E-state index contributed by atoms with van der Waals surface area (Å²) in [5.41, 5.74) is 3.14. The highest BCUT2D eigenvalue weighted by molar-refractivity contribution is 8.26. The van der Waals surface area contributed by atoms with Gasteiger partial charge in [-0.15, -0.1) is 11.3 Å². The predicted molar refractivity (Wildman–Crippen MR) is 99.9 cm³/mol. The third-order valence-corrected chi connectivity index (χ3v) is 5.50. The van der Waals surface area contributed by atoms with Crippen molar-refractivity contribution in [2.75, 3.05) is 0 Å². The van der Waals surface area contributed by atoms with Crippen molar-refractivity contribution in [1.82, 2.24) is 10.4 Å². The lowest BCUT2D eigenvalue weighted by Gasteiger charge is -2.14. The Morgan fingerprint density at radius 2 is 2.17 bits per heavy atom. The van der Waals surface area contributed by atoms with E-state index in [2.05, 4.69) is 5.43 Å². The maximum absolute atomic E-state index is 12.4. The molecule has 0 saturated carbocycles. The number of rotatable bonds is 3. The highest BCUT2D eigenvalue weighted by atomic mass is 35.5. The summed E-state index contributed by atoms with van der Waals surface area (Å²) in [6.45, 7) is 0. The molecule has 2 aromatic rings. The van der Waals surface area contributed by atoms with Gasteiger partial charge in [-0.2, -0.15) is 5.01 Å². The van der Waals surface area contributed by atoms with Gasteiger partial charge in [-0.1, -0.05) is 35.5 Å². The van der Waals surface area contributed by atoms with Crippen LogP contribution in [0.3, 0.4) is 0 Å². The maximum Gasteiger partial charge on any atom is 0.285 e. The van der Waals surface area contributed by atoms with E-state index in [0.29, 0.717) is 15.3 Å². The molecule has 24 heavy (non-hydrogen) atoms. The Kier molecular flexibility index (Phi) is 4.91. The average molecular weight is 397 g/mol. The van der Waals surface area contributed by atoms with Gasteiger partial charge in [-0.05, 0) is 47.4 Å². The number of nitrogens with zero attached hydrogens (tertiary/aromatic N) is 1. The lowest BCUT2D eigenvalue weighted by Crippen LogP contribution is -2.44. The van der Waals surface area contributed by atoms with Gasteiger partial charge in [0.1, 0.15) is 5.75 Å². The zero-order chi connectivity index (χ0) is 17.3. The van der Waals surface area contributed by atoms with Crippen molar-refractivity contribution in [3.8, 4) is 5.75 Å². The number of carbonyl (C=O) groups excluding carboxylic acids is 2. The van der Waals surface area contributed by atoms with Gasteiger partial charge in [-0.3, -0.25) is 15.0 Å². The number of thioether (sulfide) groups is 1. The lowest BCUT2D eigenvalue weighted by atomic mass is 10.2. The third kappa shape index (κ3) is 3.46. The molecular weight excluding hydrogens is 388 g/mol. The molecule has 1 fully saturated rings. The minimum Gasteiger partial charge on any atom is -0.506 e. The first-order valence-corrected chi connectivity index (χ1v) is 9.05. The number of nitrogens with one attached hydrogen (secondary N) is 1. The van der Waals surface area contributed by atoms with Crippen LogP contribution in [-0.4, -0.2) is 26.3 Å². The van der Waals surface area contributed by atoms with E-state index in [9.17, 15) is 14.7 Å². The zero-order valence-corrected chi connectivity index (χ0v) is 15.1. The third-order valence-electron chi connectivity index (χ3n) is 3.02. The maximum atomic E-state index is 12.4. The number of thiophene rings is 1. The summed E-state index contributed by atoms with van der Waals surface area (Å²) in [7, 11) is 0. The number of benzene rings is 1. The molecule has 1 aliphatic heterocycles. The fourth-order valence-electron chi connectivity index (χ4n) is 1.89. The molecule has 2 heterocycles. The molecule has 1 aliphatic rings. The van der Waals surface area contributed by atoms with Gasteiger partial charge in [0.05, 0.1) is 14.8 Å². The molecule has 1 aromatic heterocycles. The quantitative estimate of drug-likeness (QED) is 0.612. The summed E-state index contributed by atoms with van der Waals surface area (Å²) in [4.78, 5) is 25.3. The van der Waals surface area contributed by atoms with Crippen LogP contribution in [0.1, 0.15) is 15.2 Å². The molecule has 0 radical (unpaired) electrons. The van der Waals surface area contributed by atoms with Crippen molar-refractivity contribution >= 4 is 69.1 Å².